The number of esters is 1. The van der Waals surface area contributed by atoms with Crippen molar-refractivity contribution in [3.8, 4) is 11.5 Å². The van der Waals surface area contributed by atoms with Gasteiger partial charge in [-0.25, -0.2) is 13.6 Å². The maximum atomic E-state index is 13.1. The van der Waals surface area contributed by atoms with Gasteiger partial charge in [0.1, 0.15) is 11.5 Å². The van der Waals surface area contributed by atoms with Crippen LogP contribution >= 0.6 is 0 Å². The van der Waals surface area contributed by atoms with Gasteiger partial charge < -0.3 is 14.8 Å². The van der Waals surface area contributed by atoms with Gasteiger partial charge >= 0.3 is 5.97 Å². The molecule has 0 spiro atoms. The molecule has 3 rings (SSSR count). The lowest BCUT2D eigenvalue weighted by molar-refractivity contribution is -0.118. The molecule has 0 fully saturated rings. The molecule has 0 saturated heterocycles. The Morgan fingerprint density at radius 2 is 1.95 bits per heavy atom. The van der Waals surface area contributed by atoms with Crippen LogP contribution in [-0.4, -0.2) is 18.5 Å². The Morgan fingerprint density at radius 1 is 1.14 bits per heavy atom. The summed E-state index contributed by atoms with van der Waals surface area (Å²) in [7, 11) is 0. The second-order valence-corrected chi connectivity index (χ2v) is 4.51. The Hall–Kier alpha value is -2.96. The van der Waals surface area contributed by atoms with Crippen LogP contribution in [0.3, 0.4) is 0 Å². The predicted octanol–water partition coefficient (Wildman–Crippen LogP) is 2.51. The van der Waals surface area contributed by atoms with Crippen molar-refractivity contribution in [3.63, 3.8) is 0 Å². The molecule has 1 amide bonds. The summed E-state index contributed by atoms with van der Waals surface area (Å²) in [6.07, 6.45) is 0. The quantitative estimate of drug-likeness (QED) is 0.684. The van der Waals surface area contributed by atoms with Crippen molar-refractivity contribution in [1.29, 1.82) is 0 Å². The smallest absolute Gasteiger partial charge is 0.343 e. The van der Waals surface area contributed by atoms with Crippen LogP contribution < -0.4 is 14.8 Å². The van der Waals surface area contributed by atoms with E-state index < -0.39 is 17.6 Å². The highest BCUT2D eigenvalue weighted by Crippen LogP contribution is 2.31. The van der Waals surface area contributed by atoms with E-state index in [2.05, 4.69) is 5.32 Å². The van der Waals surface area contributed by atoms with Gasteiger partial charge in [0.15, 0.2) is 18.2 Å². The molecule has 2 aromatic rings. The van der Waals surface area contributed by atoms with Gasteiger partial charge in [0.2, 0.25) is 0 Å². The zero-order valence-electron chi connectivity index (χ0n) is 11.1. The summed E-state index contributed by atoms with van der Waals surface area (Å²) in [6, 6.07) is 7.11. The van der Waals surface area contributed by atoms with E-state index in [1.807, 2.05) is 0 Å². The average Bonchev–Trinajstić information content (AvgIpc) is 2.49. The molecule has 0 aromatic heterocycles. The number of carbonyl (C=O) groups excluding carboxylic acids is 2. The number of nitrogens with one attached hydrogen (secondary N) is 1. The van der Waals surface area contributed by atoms with Crippen molar-refractivity contribution < 1.29 is 27.8 Å². The number of hydrogen-bond acceptors (Lipinski definition) is 4. The van der Waals surface area contributed by atoms with Crippen molar-refractivity contribution in [3.05, 3.63) is 53.6 Å². The fourth-order valence-electron chi connectivity index (χ4n) is 1.91. The van der Waals surface area contributed by atoms with E-state index in [4.69, 9.17) is 9.47 Å². The van der Waals surface area contributed by atoms with Gasteiger partial charge in [0.05, 0.1) is 11.3 Å². The number of halogens is 2. The molecule has 1 aliphatic rings. The molecule has 1 N–H and O–H groups in total. The minimum atomic E-state index is -1.14. The number of amides is 1. The van der Waals surface area contributed by atoms with E-state index >= 15 is 0 Å². The molecule has 0 aliphatic carbocycles. The highest BCUT2D eigenvalue weighted by atomic mass is 19.2. The predicted molar refractivity (Wildman–Crippen MR) is 71.9 cm³/mol. The number of ether oxygens (including phenoxy) is 2. The summed E-state index contributed by atoms with van der Waals surface area (Å²) in [5, 5.41) is 2.57. The molecule has 2 aromatic carbocycles. The Bertz CT molecular complexity index is 776. The Morgan fingerprint density at radius 3 is 2.73 bits per heavy atom. The first kappa shape index (κ1) is 14.0. The lowest BCUT2D eigenvalue weighted by Gasteiger charge is -2.18. The van der Waals surface area contributed by atoms with Crippen molar-refractivity contribution in [2.24, 2.45) is 0 Å². The molecule has 1 heterocycles. The van der Waals surface area contributed by atoms with Crippen molar-refractivity contribution >= 4 is 17.6 Å². The zero-order valence-corrected chi connectivity index (χ0v) is 11.1. The second kappa shape index (κ2) is 5.44. The molecule has 5 nitrogen and oxygen atoms in total. The van der Waals surface area contributed by atoms with Gasteiger partial charge in [-0.15, -0.1) is 0 Å². The molecular weight excluding hydrogens is 296 g/mol. The Balaban J connectivity index is 1.80. The second-order valence-electron chi connectivity index (χ2n) is 4.51. The third kappa shape index (κ3) is 2.73. The molecule has 1 aliphatic heterocycles. The largest absolute Gasteiger partial charge is 0.482 e. The van der Waals surface area contributed by atoms with E-state index in [1.54, 1.807) is 0 Å². The molecular formula is C15H9F2NO4. The topological polar surface area (TPSA) is 64.6 Å². The zero-order chi connectivity index (χ0) is 15.7. The van der Waals surface area contributed by atoms with Crippen LogP contribution in [0, 0.1) is 11.6 Å². The molecule has 7 heteroatoms. The van der Waals surface area contributed by atoms with E-state index in [0.29, 0.717) is 11.4 Å². The maximum Gasteiger partial charge on any atom is 0.343 e. The Labute approximate surface area is 123 Å². The van der Waals surface area contributed by atoms with Crippen molar-refractivity contribution in [1.82, 2.24) is 0 Å². The van der Waals surface area contributed by atoms with Gasteiger partial charge in [-0.3, -0.25) is 4.79 Å². The van der Waals surface area contributed by atoms with Gasteiger partial charge in [-0.05, 0) is 30.3 Å². The minimum Gasteiger partial charge on any atom is -0.482 e. The summed E-state index contributed by atoms with van der Waals surface area (Å²) < 4.78 is 36.2. The number of carbonyl (C=O) groups is 2. The monoisotopic (exact) mass is 305 g/mol. The number of rotatable bonds is 2. The van der Waals surface area contributed by atoms with Crippen LogP contribution in [0.5, 0.6) is 11.5 Å². The molecule has 0 unspecified atom stereocenters. The molecule has 112 valence electrons. The number of fused-ring (bicyclic) bond motifs is 1. The van der Waals surface area contributed by atoms with Crippen LogP contribution in [0.1, 0.15) is 10.4 Å². The van der Waals surface area contributed by atoms with E-state index in [0.717, 1.165) is 18.2 Å². The van der Waals surface area contributed by atoms with Gasteiger partial charge in [-0.1, -0.05) is 0 Å². The normalized spacial score (nSPS) is 12.9. The number of hydrogen-bond donors (Lipinski definition) is 1. The SMILES string of the molecule is O=C1COc2ccc(OC(=O)c3ccc(F)c(F)c3)cc2N1. The number of anilines is 1. The summed E-state index contributed by atoms with van der Waals surface area (Å²) in [6.45, 7) is -0.0824. The maximum absolute atomic E-state index is 13.1. The van der Waals surface area contributed by atoms with Crippen LogP contribution in [0.25, 0.3) is 0 Å². The molecule has 0 radical (unpaired) electrons. The Kier molecular flexibility index (Phi) is 3.46. The van der Waals surface area contributed by atoms with E-state index in [-0.39, 0.29) is 23.8 Å². The lowest BCUT2D eigenvalue weighted by atomic mass is 10.2. The van der Waals surface area contributed by atoms with E-state index in [9.17, 15) is 18.4 Å². The third-order valence-corrected chi connectivity index (χ3v) is 2.95. The summed E-state index contributed by atoms with van der Waals surface area (Å²) in [5.41, 5.74) is 0.240. The summed E-state index contributed by atoms with van der Waals surface area (Å²) in [4.78, 5) is 23.1. The highest BCUT2D eigenvalue weighted by molar-refractivity contribution is 5.96. The fraction of sp³-hybridized carbons (Fsp3) is 0.0667. The number of benzene rings is 2. The fourth-order valence-corrected chi connectivity index (χ4v) is 1.91. The lowest BCUT2D eigenvalue weighted by Crippen LogP contribution is -2.25. The molecule has 0 atom stereocenters. The molecule has 0 bridgehead atoms. The minimum absolute atomic E-state index is 0.0824. The molecule has 22 heavy (non-hydrogen) atoms. The molecule has 0 saturated carbocycles. The van der Waals surface area contributed by atoms with Crippen molar-refractivity contribution in [2.75, 3.05) is 11.9 Å². The van der Waals surface area contributed by atoms with Gasteiger partial charge in [-0.2, -0.15) is 0 Å². The third-order valence-electron chi connectivity index (χ3n) is 2.95. The van der Waals surface area contributed by atoms with Gasteiger partial charge in [0.25, 0.3) is 5.91 Å². The standard InChI is InChI=1S/C15H9F2NO4/c16-10-3-1-8(5-11(10)17)15(20)22-9-2-4-13-12(6-9)18-14(19)7-21-13/h1-6H,7H2,(H,18,19). The first-order valence-corrected chi connectivity index (χ1v) is 6.27. The van der Waals surface area contributed by atoms with E-state index in [1.165, 1.54) is 18.2 Å². The van der Waals surface area contributed by atoms with Gasteiger partial charge in [0, 0.05) is 6.07 Å². The highest BCUT2D eigenvalue weighted by Gasteiger charge is 2.18. The van der Waals surface area contributed by atoms with Crippen LogP contribution in [0.4, 0.5) is 14.5 Å². The first-order valence-electron chi connectivity index (χ1n) is 6.27. The van der Waals surface area contributed by atoms with Crippen LogP contribution in [-0.2, 0) is 4.79 Å². The summed E-state index contributed by atoms with van der Waals surface area (Å²) >= 11 is 0. The first-order chi connectivity index (χ1) is 10.5. The van der Waals surface area contributed by atoms with Crippen LogP contribution in [0.15, 0.2) is 36.4 Å². The van der Waals surface area contributed by atoms with Crippen molar-refractivity contribution in [2.45, 2.75) is 0 Å². The summed E-state index contributed by atoms with van der Waals surface area (Å²) in [5.74, 6) is -2.77. The van der Waals surface area contributed by atoms with Crippen LogP contribution in [0.2, 0.25) is 0 Å². The average molecular weight is 305 g/mol.